The molecule has 1 aromatic heterocycles. The Morgan fingerprint density at radius 2 is 1.71 bits per heavy atom. The van der Waals surface area contributed by atoms with Crippen LogP contribution in [0.25, 0.3) is 27.6 Å². The van der Waals surface area contributed by atoms with E-state index in [9.17, 15) is 4.79 Å². The number of pyridine rings is 1. The molecule has 3 nitrogen and oxygen atoms in total. The zero-order valence-corrected chi connectivity index (χ0v) is 20.1. The van der Waals surface area contributed by atoms with Crippen molar-refractivity contribution >= 4 is 33.8 Å². The van der Waals surface area contributed by atoms with Gasteiger partial charge in [0.2, 0.25) is 5.56 Å². The number of nitrogens with one attached hydrogen (secondary N) is 1. The lowest BCUT2D eigenvalue weighted by atomic mass is 9.63. The number of fused-ring (bicyclic) bond motifs is 6. The Balaban J connectivity index is 1.47. The summed E-state index contributed by atoms with van der Waals surface area (Å²) in [6.07, 6.45) is 12.4. The number of rotatable bonds is 3. The van der Waals surface area contributed by atoms with Crippen LogP contribution in [-0.4, -0.2) is 11.2 Å². The Morgan fingerprint density at radius 1 is 1.00 bits per heavy atom. The van der Waals surface area contributed by atoms with Gasteiger partial charge in [-0.15, -0.1) is 0 Å². The minimum absolute atomic E-state index is 0.0479. The first-order valence-electron chi connectivity index (χ1n) is 12.3. The third kappa shape index (κ3) is 3.50. The number of hydrogen-bond donors (Lipinski definition) is 1. The van der Waals surface area contributed by atoms with Gasteiger partial charge < -0.3 is 4.98 Å². The van der Waals surface area contributed by atoms with E-state index in [0.717, 1.165) is 24.1 Å². The SMILES string of the molecule is CC=C1C2C=C(C)CC1(N=CC=Cc1c3ccccc3cc3ccccc13)c1ccc(=O)[nH]c1C2. The molecule has 4 aromatic rings. The molecule has 1 N–H and O–H groups in total. The van der Waals surface area contributed by atoms with Crippen LogP contribution >= 0.6 is 0 Å². The Labute approximate surface area is 205 Å². The van der Waals surface area contributed by atoms with Crippen LogP contribution in [0.1, 0.15) is 37.1 Å². The molecule has 0 saturated heterocycles. The molecule has 2 aliphatic rings. The molecule has 3 heteroatoms. The van der Waals surface area contributed by atoms with Crippen molar-refractivity contribution < 1.29 is 0 Å². The molecule has 0 amide bonds. The van der Waals surface area contributed by atoms with Crippen molar-refractivity contribution in [3.05, 3.63) is 123 Å². The van der Waals surface area contributed by atoms with Crippen LogP contribution in [0.5, 0.6) is 0 Å². The van der Waals surface area contributed by atoms with Crippen molar-refractivity contribution in [2.24, 2.45) is 10.9 Å². The fourth-order valence-electron chi connectivity index (χ4n) is 6.19. The van der Waals surface area contributed by atoms with Crippen molar-refractivity contribution in [1.82, 2.24) is 4.98 Å². The normalized spacial score (nSPS) is 22.9. The predicted octanol–water partition coefficient (Wildman–Crippen LogP) is 7.13. The number of aromatic nitrogens is 1. The Bertz CT molecular complexity index is 1600. The van der Waals surface area contributed by atoms with Crippen LogP contribution in [0.15, 0.2) is 106 Å². The molecule has 0 radical (unpaired) electrons. The maximum Gasteiger partial charge on any atom is 0.248 e. The first-order chi connectivity index (χ1) is 17.1. The summed E-state index contributed by atoms with van der Waals surface area (Å²) in [7, 11) is 0. The molecule has 1 heterocycles. The van der Waals surface area contributed by atoms with Gasteiger partial charge >= 0.3 is 0 Å². The Kier molecular flexibility index (Phi) is 5.14. The van der Waals surface area contributed by atoms with Crippen LogP contribution in [0, 0.1) is 5.92 Å². The number of benzene rings is 3. The zero-order chi connectivity index (χ0) is 24.0. The summed E-state index contributed by atoms with van der Waals surface area (Å²) in [6.45, 7) is 4.30. The highest BCUT2D eigenvalue weighted by atomic mass is 16.1. The van der Waals surface area contributed by atoms with Gasteiger partial charge in [0.1, 0.15) is 5.54 Å². The van der Waals surface area contributed by atoms with E-state index >= 15 is 0 Å². The fraction of sp³-hybridized carbons (Fsp3) is 0.188. The van der Waals surface area contributed by atoms with Crippen LogP contribution in [-0.2, 0) is 12.0 Å². The number of nitrogens with zero attached hydrogens (tertiary/aromatic N) is 1. The average Bonchev–Trinajstić information content (AvgIpc) is 2.85. The van der Waals surface area contributed by atoms with Gasteiger partial charge in [0.15, 0.2) is 0 Å². The number of hydrogen-bond acceptors (Lipinski definition) is 2. The van der Waals surface area contributed by atoms with E-state index < -0.39 is 5.54 Å². The number of aliphatic imine (C=N–C) groups is 1. The molecule has 0 saturated carbocycles. The van der Waals surface area contributed by atoms with E-state index in [0.29, 0.717) is 0 Å². The summed E-state index contributed by atoms with van der Waals surface area (Å²) in [5, 5.41) is 4.94. The van der Waals surface area contributed by atoms with E-state index in [1.807, 2.05) is 12.3 Å². The summed E-state index contributed by atoms with van der Waals surface area (Å²) in [6, 6.07) is 22.9. The molecule has 0 fully saturated rings. The topological polar surface area (TPSA) is 45.2 Å². The van der Waals surface area contributed by atoms with E-state index in [1.54, 1.807) is 6.07 Å². The Hall–Kier alpha value is -3.98. The molecule has 172 valence electrons. The van der Waals surface area contributed by atoms with E-state index in [-0.39, 0.29) is 11.5 Å². The van der Waals surface area contributed by atoms with E-state index in [4.69, 9.17) is 4.99 Å². The average molecular weight is 457 g/mol. The quantitative estimate of drug-likeness (QED) is 0.199. The van der Waals surface area contributed by atoms with Gasteiger partial charge in [-0.3, -0.25) is 9.79 Å². The van der Waals surface area contributed by atoms with E-state index in [2.05, 4.69) is 97.7 Å². The van der Waals surface area contributed by atoms with Crippen LogP contribution in [0.2, 0.25) is 0 Å². The van der Waals surface area contributed by atoms with Gasteiger partial charge in [-0.25, -0.2) is 0 Å². The third-order valence-corrected chi connectivity index (χ3v) is 7.54. The molecule has 35 heavy (non-hydrogen) atoms. The first-order valence-corrected chi connectivity index (χ1v) is 12.3. The van der Waals surface area contributed by atoms with Crippen molar-refractivity contribution in [1.29, 1.82) is 0 Å². The van der Waals surface area contributed by atoms with Gasteiger partial charge in [0.05, 0.1) is 0 Å². The Morgan fingerprint density at radius 3 is 2.43 bits per heavy atom. The lowest BCUT2D eigenvalue weighted by Crippen LogP contribution is -2.40. The molecule has 6 rings (SSSR count). The molecule has 2 bridgehead atoms. The molecular formula is C32H28N2O. The minimum Gasteiger partial charge on any atom is -0.326 e. The number of allylic oxidation sites excluding steroid dienone is 3. The van der Waals surface area contributed by atoms with Gasteiger partial charge in [0, 0.05) is 35.9 Å². The van der Waals surface area contributed by atoms with Crippen LogP contribution < -0.4 is 5.56 Å². The molecule has 0 spiro atoms. The number of aromatic amines is 1. The van der Waals surface area contributed by atoms with E-state index in [1.165, 1.54) is 38.3 Å². The molecule has 0 aliphatic heterocycles. The molecule has 3 aromatic carbocycles. The monoisotopic (exact) mass is 456 g/mol. The van der Waals surface area contributed by atoms with Crippen LogP contribution in [0.4, 0.5) is 0 Å². The van der Waals surface area contributed by atoms with Gasteiger partial charge in [-0.1, -0.05) is 72.3 Å². The first kappa shape index (κ1) is 21.5. The summed E-state index contributed by atoms with van der Waals surface area (Å²) in [5.74, 6) is 0.266. The lowest BCUT2D eigenvalue weighted by Gasteiger charge is -2.45. The third-order valence-electron chi connectivity index (χ3n) is 7.54. The second-order valence-corrected chi connectivity index (χ2v) is 9.69. The fourth-order valence-corrected chi connectivity index (χ4v) is 6.19. The van der Waals surface area contributed by atoms with Crippen molar-refractivity contribution in [3.8, 4) is 0 Å². The predicted molar refractivity (Wildman–Crippen MR) is 147 cm³/mol. The summed E-state index contributed by atoms with van der Waals surface area (Å²) < 4.78 is 0. The zero-order valence-electron chi connectivity index (χ0n) is 20.1. The standard InChI is InChI=1S/C32H28N2O/c1-3-28-24-17-21(2)20-32(28,29-14-15-31(35)34-30(29)19-24)33-16-8-13-27-25-11-6-4-9-22(25)18-23-10-5-7-12-26(23)27/h3-18,24H,19-20H2,1-2H3,(H,34,35). The van der Waals surface area contributed by atoms with Crippen molar-refractivity contribution in [2.45, 2.75) is 32.2 Å². The smallest absolute Gasteiger partial charge is 0.248 e. The maximum atomic E-state index is 12.1. The summed E-state index contributed by atoms with van der Waals surface area (Å²) in [4.78, 5) is 20.4. The molecule has 2 atom stereocenters. The minimum atomic E-state index is -0.471. The maximum absolute atomic E-state index is 12.1. The lowest BCUT2D eigenvalue weighted by molar-refractivity contribution is 0.413. The van der Waals surface area contributed by atoms with Crippen molar-refractivity contribution in [3.63, 3.8) is 0 Å². The highest BCUT2D eigenvalue weighted by molar-refractivity contribution is 6.07. The summed E-state index contributed by atoms with van der Waals surface area (Å²) in [5.41, 5.74) is 5.49. The molecule has 2 unspecified atom stereocenters. The summed E-state index contributed by atoms with van der Waals surface area (Å²) >= 11 is 0. The largest absolute Gasteiger partial charge is 0.326 e. The highest BCUT2D eigenvalue weighted by Crippen LogP contribution is 2.51. The number of H-pyrrole nitrogens is 1. The van der Waals surface area contributed by atoms with Crippen LogP contribution in [0.3, 0.4) is 0 Å². The van der Waals surface area contributed by atoms with Gasteiger partial charge in [-0.05, 0) is 71.2 Å². The van der Waals surface area contributed by atoms with Crippen molar-refractivity contribution in [2.75, 3.05) is 0 Å². The highest BCUT2D eigenvalue weighted by Gasteiger charge is 2.46. The second kappa shape index (κ2) is 8.35. The van der Waals surface area contributed by atoms with Gasteiger partial charge in [-0.2, -0.15) is 0 Å². The molecule has 2 aliphatic carbocycles. The second-order valence-electron chi connectivity index (χ2n) is 9.69. The molecular weight excluding hydrogens is 428 g/mol. The van der Waals surface area contributed by atoms with Gasteiger partial charge in [0.25, 0.3) is 0 Å².